The van der Waals surface area contributed by atoms with Crippen LogP contribution in [-0.4, -0.2) is 36.2 Å². The minimum Gasteiger partial charge on any atom is -0.481 e. The molecule has 0 radical (unpaired) electrons. The number of carbonyl (C=O) groups excluding carboxylic acids is 1. The molecule has 0 saturated heterocycles. The number of amides is 1. The van der Waals surface area contributed by atoms with Gasteiger partial charge in [0.2, 0.25) is 5.91 Å². The fourth-order valence-corrected chi connectivity index (χ4v) is 3.38. The molecule has 1 amide bonds. The van der Waals surface area contributed by atoms with E-state index in [0.717, 1.165) is 12.8 Å². The number of ether oxygens (including phenoxy) is 1. The van der Waals surface area contributed by atoms with Crippen LogP contribution in [0.4, 0.5) is 0 Å². The lowest BCUT2D eigenvalue weighted by atomic mass is 9.64. The zero-order chi connectivity index (χ0) is 14.2. The third-order valence-electron chi connectivity index (χ3n) is 4.95. The summed E-state index contributed by atoms with van der Waals surface area (Å²) in [6.45, 7) is 4.14. The summed E-state index contributed by atoms with van der Waals surface area (Å²) in [6, 6.07) is 0.0833. The summed E-state index contributed by atoms with van der Waals surface area (Å²) < 4.78 is 5.35. The van der Waals surface area contributed by atoms with Crippen LogP contribution >= 0.6 is 0 Å². The third-order valence-corrected chi connectivity index (χ3v) is 4.95. The number of rotatable bonds is 4. The molecule has 5 nitrogen and oxygen atoms in total. The number of hydrogen-bond donors (Lipinski definition) is 2. The zero-order valence-electron chi connectivity index (χ0n) is 11.8. The number of hydrogen-bond acceptors (Lipinski definition) is 3. The van der Waals surface area contributed by atoms with E-state index in [1.165, 1.54) is 0 Å². The predicted octanol–water partition coefficient (Wildman–Crippen LogP) is 1.42. The average molecular weight is 269 g/mol. The van der Waals surface area contributed by atoms with Gasteiger partial charge in [-0.25, -0.2) is 0 Å². The lowest BCUT2D eigenvalue weighted by molar-refractivity contribution is -0.148. The van der Waals surface area contributed by atoms with E-state index in [1.54, 1.807) is 7.11 Å². The summed E-state index contributed by atoms with van der Waals surface area (Å²) in [4.78, 5) is 23.3. The molecule has 0 heterocycles. The van der Waals surface area contributed by atoms with Gasteiger partial charge in [0.25, 0.3) is 0 Å². The van der Waals surface area contributed by atoms with Crippen molar-refractivity contribution in [3.63, 3.8) is 0 Å². The van der Waals surface area contributed by atoms with Crippen molar-refractivity contribution < 1.29 is 19.4 Å². The Morgan fingerprint density at radius 1 is 1.26 bits per heavy atom. The first-order valence-corrected chi connectivity index (χ1v) is 6.94. The summed E-state index contributed by atoms with van der Waals surface area (Å²) in [7, 11) is 1.68. The normalized spacial score (nSPS) is 36.6. The molecular weight excluding hydrogens is 246 g/mol. The minimum absolute atomic E-state index is 0.0816. The van der Waals surface area contributed by atoms with Crippen LogP contribution in [0.3, 0.4) is 0 Å². The molecule has 2 aliphatic rings. The average Bonchev–Trinajstić information content (AvgIpc) is 2.82. The molecule has 2 aliphatic carbocycles. The van der Waals surface area contributed by atoms with Crippen molar-refractivity contribution in [2.45, 2.75) is 51.7 Å². The van der Waals surface area contributed by atoms with Gasteiger partial charge in [0.15, 0.2) is 0 Å². The van der Waals surface area contributed by atoms with Crippen LogP contribution in [0.2, 0.25) is 0 Å². The highest BCUT2D eigenvalue weighted by atomic mass is 16.5. The van der Waals surface area contributed by atoms with Gasteiger partial charge in [-0.05, 0) is 19.3 Å². The van der Waals surface area contributed by atoms with Crippen molar-refractivity contribution in [2.24, 2.45) is 17.3 Å². The first-order chi connectivity index (χ1) is 8.87. The SMILES string of the molecule is COC1CC(NC(=O)C2CCCC2C(=O)O)C1(C)C. The summed E-state index contributed by atoms with van der Waals surface area (Å²) in [5.74, 6) is -1.82. The summed E-state index contributed by atoms with van der Waals surface area (Å²) in [5.41, 5.74) is -0.0816. The van der Waals surface area contributed by atoms with E-state index in [4.69, 9.17) is 9.84 Å². The number of nitrogens with one attached hydrogen (secondary N) is 1. The Morgan fingerprint density at radius 3 is 2.42 bits per heavy atom. The van der Waals surface area contributed by atoms with Gasteiger partial charge in [-0.15, -0.1) is 0 Å². The number of carboxylic acid groups (broad SMARTS) is 1. The number of carbonyl (C=O) groups is 2. The predicted molar refractivity (Wildman–Crippen MR) is 69.6 cm³/mol. The maximum Gasteiger partial charge on any atom is 0.307 e. The second-order valence-corrected chi connectivity index (χ2v) is 6.32. The van der Waals surface area contributed by atoms with Gasteiger partial charge in [-0.1, -0.05) is 20.3 Å². The molecule has 2 saturated carbocycles. The van der Waals surface area contributed by atoms with Crippen molar-refractivity contribution in [2.75, 3.05) is 7.11 Å². The lowest BCUT2D eigenvalue weighted by Gasteiger charge is -2.51. The fraction of sp³-hybridized carbons (Fsp3) is 0.857. The molecule has 5 heteroatoms. The number of aliphatic carboxylic acids is 1. The second-order valence-electron chi connectivity index (χ2n) is 6.32. The molecule has 2 fully saturated rings. The Balaban J connectivity index is 1.94. The quantitative estimate of drug-likeness (QED) is 0.809. The summed E-state index contributed by atoms with van der Waals surface area (Å²) in [6.07, 6.45) is 3.09. The Morgan fingerprint density at radius 2 is 1.89 bits per heavy atom. The maximum absolute atomic E-state index is 12.2. The van der Waals surface area contributed by atoms with Crippen molar-refractivity contribution in [1.82, 2.24) is 5.32 Å². The highest BCUT2D eigenvalue weighted by Crippen LogP contribution is 2.43. The molecule has 2 rings (SSSR count). The number of carboxylic acids is 1. The van der Waals surface area contributed by atoms with E-state index in [2.05, 4.69) is 19.2 Å². The highest BCUT2D eigenvalue weighted by Gasteiger charge is 2.50. The van der Waals surface area contributed by atoms with E-state index in [1.807, 2.05) is 0 Å². The van der Waals surface area contributed by atoms with E-state index < -0.39 is 11.9 Å². The highest BCUT2D eigenvalue weighted by molar-refractivity contribution is 5.85. The van der Waals surface area contributed by atoms with E-state index in [9.17, 15) is 9.59 Å². The molecule has 0 bridgehead atoms. The van der Waals surface area contributed by atoms with Gasteiger partial charge in [0.05, 0.1) is 17.9 Å². The van der Waals surface area contributed by atoms with Crippen LogP contribution in [0.5, 0.6) is 0 Å². The monoisotopic (exact) mass is 269 g/mol. The van der Waals surface area contributed by atoms with Crippen molar-refractivity contribution >= 4 is 11.9 Å². The van der Waals surface area contributed by atoms with Gasteiger partial charge < -0.3 is 15.2 Å². The Kier molecular flexibility index (Phi) is 3.85. The topological polar surface area (TPSA) is 75.6 Å². The zero-order valence-corrected chi connectivity index (χ0v) is 11.8. The van der Waals surface area contributed by atoms with Crippen molar-refractivity contribution in [3.05, 3.63) is 0 Å². The molecule has 4 atom stereocenters. The van der Waals surface area contributed by atoms with Crippen LogP contribution in [0, 0.1) is 17.3 Å². The van der Waals surface area contributed by atoms with Crippen LogP contribution < -0.4 is 5.32 Å². The standard InChI is InChI=1S/C14H23NO4/c1-14(2)10(7-11(14)19-3)15-12(16)8-5-4-6-9(8)13(17)18/h8-11H,4-7H2,1-3H3,(H,15,16)(H,17,18). The van der Waals surface area contributed by atoms with Crippen LogP contribution in [-0.2, 0) is 14.3 Å². The molecule has 0 aliphatic heterocycles. The van der Waals surface area contributed by atoms with Crippen molar-refractivity contribution in [1.29, 1.82) is 0 Å². The molecule has 0 spiro atoms. The number of methoxy groups -OCH3 is 1. The molecule has 0 aromatic heterocycles. The van der Waals surface area contributed by atoms with Crippen LogP contribution in [0.1, 0.15) is 39.5 Å². The van der Waals surface area contributed by atoms with Gasteiger partial charge >= 0.3 is 5.97 Å². The van der Waals surface area contributed by atoms with Crippen molar-refractivity contribution in [3.8, 4) is 0 Å². The lowest BCUT2D eigenvalue weighted by Crippen LogP contribution is -2.62. The smallest absolute Gasteiger partial charge is 0.307 e. The Hall–Kier alpha value is -1.10. The molecule has 4 unspecified atom stereocenters. The third kappa shape index (κ3) is 2.48. The van der Waals surface area contributed by atoms with Gasteiger partial charge in [-0.2, -0.15) is 0 Å². The Bertz CT molecular complexity index is 380. The first kappa shape index (κ1) is 14.3. The second kappa shape index (κ2) is 5.12. The summed E-state index contributed by atoms with van der Waals surface area (Å²) >= 11 is 0. The minimum atomic E-state index is -0.847. The van der Waals surface area contributed by atoms with E-state index in [-0.39, 0.29) is 29.4 Å². The van der Waals surface area contributed by atoms with Crippen LogP contribution in [0.25, 0.3) is 0 Å². The maximum atomic E-state index is 12.2. The van der Waals surface area contributed by atoms with E-state index >= 15 is 0 Å². The first-order valence-electron chi connectivity index (χ1n) is 6.94. The molecule has 0 aromatic carbocycles. The van der Waals surface area contributed by atoms with Gasteiger partial charge in [0, 0.05) is 18.6 Å². The van der Waals surface area contributed by atoms with Gasteiger partial charge in [0.1, 0.15) is 0 Å². The van der Waals surface area contributed by atoms with E-state index in [0.29, 0.717) is 12.8 Å². The van der Waals surface area contributed by atoms with Crippen LogP contribution in [0.15, 0.2) is 0 Å². The fourth-order valence-electron chi connectivity index (χ4n) is 3.38. The summed E-state index contributed by atoms with van der Waals surface area (Å²) in [5, 5.41) is 12.1. The molecular formula is C14H23NO4. The largest absolute Gasteiger partial charge is 0.481 e. The van der Waals surface area contributed by atoms with Gasteiger partial charge in [-0.3, -0.25) is 9.59 Å². The molecule has 19 heavy (non-hydrogen) atoms. The molecule has 2 N–H and O–H groups in total. The Labute approximate surface area is 113 Å². The molecule has 0 aromatic rings. The molecule has 108 valence electrons.